The minimum atomic E-state index is -0.343. The third-order valence-electron chi connectivity index (χ3n) is 5.22. The number of benzene rings is 2. The van der Waals surface area contributed by atoms with Crippen LogP contribution >= 0.6 is 0 Å². The molecule has 1 heterocycles. The van der Waals surface area contributed by atoms with E-state index in [0.717, 1.165) is 49.2 Å². The molecule has 2 atom stereocenters. The molecule has 4 nitrogen and oxygen atoms in total. The van der Waals surface area contributed by atoms with Gasteiger partial charge in [0.1, 0.15) is 11.6 Å². The normalized spacial score (nSPS) is 18.5. The lowest BCUT2D eigenvalue weighted by molar-refractivity contribution is 0.197. The van der Waals surface area contributed by atoms with Gasteiger partial charge in [0.15, 0.2) is 0 Å². The van der Waals surface area contributed by atoms with E-state index in [1.807, 2.05) is 29.2 Å². The summed E-state index contributed by atoms with van der Waals surface area (Å²) in [5, 5.41) is 3.14. The van der Waals surface area contributed by atoms with Crippen molar-refractivity contribution in [2.75, 3.05) is 20.2 Å². The molecule has 0 aliphatic carbocycles. The zero-order valence-electron chi connectivity index (χ0n) is 16.0. The Morgan fingerprint density at radius 1 is 1.07 bits per heavy atom. The summed E-state index contributed by atoms with van der Waals surface area (Å²) < 4.78 is 18.6. The molecule has 0 bridgehead atoms. The zero-order valence-corrected chi connectivity index (χ0v) is 16.0. The highest BCUT2D eigenvalue weighted by molar-refractivity contribution is 5.75. The largest absolute Gasteiger partial charge is 0.497 e. The fourth-order valence-electron chi connectivity index (χ4n) is 3.49. The van der Waals surface area contributed by atoms with Crippen molar-refractivity contribution in [3.63, 3.8) is 0 Å². The number of methoxy groups -OCH3 is 1. The van der Waals surface area contributed by atoms with Crippen molar-refractivity contribution < 1.29 is 13.9 Å². The van der Waals surface area contributed by atoms with E-state index in [9.17, 15) is 9.18 Å². The van der Waals surface area contributed by atoms with Gasteiger partial charge in [0.2, 0.25) is 0 Å². The number of nitrogens with zero attached hydrogens (tertiary/aromatic N) is 1. The Balaban J connectivity index is 1.82. The molecule has 2 aromatic rings. The molecular formula is C22H27FN2O2. The lowest BCUT2D eigenvalue weighted by Gasteiger charge is -2.26. The number of hydrogen-bond donors (Lipinski definition) is 1. The summed E-state index contributed by atoms with van der Waals surface area (Å²) in [7, 11) is 1.62. The Bertz CT molecular complexity index is 746. The highest BCUT2D eigenvalue weighted by Crippen LogP contribution is 2.25. The van der Waals surface area contributed by atoms with Crippen LogP contribution in [0.25, 0.3) is 0 Å². The molecule has 1 fully saturated rings. The number of hydrogen-bond acceptors (Lipinski definition) is 2. The van der Waals surface area contributed by atoms with Crippen molar-refractivity contribution in [2.24, 2.45) is 5.92 Å². The van der Waals surface area contributed by atoms with Crippen LogP contribution in [-0.2, 0) is 0 Å². The van der Waals surface area contributed by atoms with Gasteiger partial charge in [-0.1, -0.05) is 31.2 Å². The summed E-state index contributed by atoms with van der Waals surface area (Å²) in [5.74, 6) is 1.11. The van der Waals surface area contributed by atoms with Gasteiger partial charge in [0, 0.05) is 13.1 Å². The van der Waals surface area contributed by atoms with Crippen LogP contribution < -0.4 is 10.1 Å². The molecule has 0 unspecified atom stereocenters. The van der Waals surface area contributed by atoms with Crippen LogP contribution in [-0.4, -0.2) is 31.1 Å². The molecule has 3 rings (SSSR count). The van der Waals surface area contributed by atoms with Crippen LogP contribution in [0.2, 0.25) is 0 Å². The van der Waals surface area contributed by atoms with Crippen LogP contribution in [0.15, 0.2) is 48.5 Å². The molecule has 0 aromatic heterocycles. The van der Waals surface area contributed by atoms with E-state index >= 15 is 0 Å². The third kappa shape index (κ3) is 5.00. The van der Waals surface area contributed by atoms with Crippen molar-refractivity contribution in [3.05, 3.63) is 65.5 Å². The molecule has 27 heavy (non-hydrogen) atoms. The van der Waals surface area contributed by atoms with Crippen molar-refractivity contribution in [2.45, 2.75) is 32.2 Å². The summed E-state index contributed by atoms with van der Waals surface area (Å²) in [6.45, 7) is 3.78. The second-order valence-electron chi connectivity index (χ2n) is 7.23. The van der Waals surface area contributed by atoms with Gasteiger partial charge in [-0.3, -0.25) is 0 Å². The Hall–Kier alpha value is -2.56. The first-order chi connectivity index (χ1) is 13.1. The average Bonchev–Trinajstić information content (AvgIpc) is 2.91. The van der Waals surface area contributed by atoms with Gasteiger partial charge >= 0.3 is 6.03 Å². The molecule has 0 spiro atoms. The molecule has 1 N–H and O–H groups in total. The van der Waals surface area contributed by atoms with E-state index in [1.54, 1.807) is 19.2 Å². The molecular weight excluding hydrogens is 343 g/mol. The Kier molecular flexibility index (Phi) is 6.32. The first-order valence-corrected chi connectivity index (χ1v) is 9.51. The van der Waals surface area contributed by atoms with Crippen LogP contribution in [0.5, 0.6) is 5.75 Å². The first-order valence-electron chi connectivity index (χ1n) is 9.51. The molecule has 0 saturated carbocycles. The van der Waals surface area contributed by atoms with E-state index in [2.05, 4.69) is 12.2 Å². The van der Waals surface area contributed by atoms with E-state index < -0.39 is 0 Å². The molecule has 0 radical (unpaired) electrons. The van der Waals surface area contributed by atoms with Gasteiger partial charge in [0.25, 0.3) is 0 Å². The Morgan fingerprint density at radius 2 is 1.70 bits per heavy atom. The van der Waals surface area contributed by atoms with Gasteiger partial charge in [-0.2, -0.15) is 0 Å². The van der Waals surface area contributed by atoms with Crippen LogP contribution in [0, 0.1) is 11.7 Å². The highest BCUT2D eigenvalue weighted by Gasteiger charge is 2.23. The van der Waals surface area contributed by atoms with E-state index in [4.69, 9.17) is 4.74 Å². The van der Waals surface area contributed by atoms with Gasteiger partial charge in [-0.05, 0) is 60.6 Å². The molecule has 1 aliphatic heterocycles. The molecule has 2 aromatic carbocycles. The maximum Gasteiger partial charge on any atom is 0.318 e. The quantitative estimate of drug-likeness (QED) is 0.843. The standard InChI is InChI=1S/C22H27FN2O2/c1-16-4-3-14-25(15-13-16)22(26)24-21(17-5-9-19(23)10-6-17)18-7-11-20(27-2)12-8-18/h5-12,16,21H,3-4,13-15H2,1-2H3,(H,24,26)/t16-,21-/m0/s1. The van der Waals surface area contributed by atoms with Crippen molar-refractivity contribution >= 4 is 6.03 Å². The molecule has 1 aliphatic rings. The number of nitrogens with one attached hydrogen (secondary N) is 1. The second kappa shape index (κ2) is 8.89. The molecule has 144 valence electrons. The molecule has 1 saturated heterocycles. The number of likely N-dealkylation sites (tertiary alicyclic amines) is 1. The molecule has 2 amide bonds. The second-order valence-corrected chi connectivity index (χ2v) is 7.23. The number of carbonyl (C=O) groups excluding carboxylic acids is 1. The van der Waals surface area contributed by atoms with Crippen molar-refractivity contribution in [3.8, 4) is 5.75 Å². The SMILES string of the molecule is COc1ccc([C@@H](NC(=O)N2CCC[C@H](C)CC2)c2ccc(F)cc2)cc1. The zero-order chi connectivity index (χ0) is 19.2. The third-order valence-corrected chi connectivity index (χ3v) is 5.22. The lowest BCUT2D eigenvalue weighted by atomic mass is 9.98. The number of carbonyl (C=O) groups is 1. The maximum absolute atomic E-state index is 13.4. The molecule has 5 heteroatoms. The summed E-state index contributed by atoms with van der Waals surface area (Å²) in [6, 6.07) is 13.5. The van der Waals surface area contributed by atoms with E-state index in [-0.39, 0.29) is 17.9 Å². The van der Waals surface area contributed by atoms with Crippen molar-refractivity contribution in [1.29, 1.82) is 0 Å². The van der Waals surface area contributed by atoms with Gasteiger partial charge in [-0.15, -0.1) is 0 Å². The minimum absolute atomic E-state index is 0.0748. The Labute approximate surface area is 160 Å². The number of ether oxygens (including phenoxy) is 1. The summed E-state index contributed by atoms with van der Waals surface area (Å²) in [4.78, 5) is 14.8. The monoisotopic (exact) mass is 370 g/mol. The maximum atomic E-state index is 13.4. The first kappa shape index (κ1) is 19.2. The van der Waals surface area contributed by atoms with Crippen molar-refractivity contribution in [1.82, 2.24) is 10.2 Å². The average molecular weight is 370 g/mol. The number of amides is 2. The number of halogens is 1. The van der Waals surface area contributed by atoms with Gasteiger partial charge < -0.3 is 15.0 Å². The topological polar surface area (TPSA) is 41.6 Å². The van der Waals surface area contributed by atoms with Crippen LogP contribution in [0.4, 0.5) is 9.18 Å². The van der Waals surface area contributed by atoms with Gasteiger partial charge in [-0.25, -0.2) is 9.18 Å². The van der Waals surface area contributed by atoms with E-state index in [1.165, 1.54) is 12.1 Å². The van der Waals surface area contributed by atoms with Gasteiger partial charge in [0.05, 0.1) is 13.2 Å². The lowest BCUT2D eigenvalue weighted by Crippen LogP contribution is -2.42. The van der Waals surface area contributed by atoms with E-state index in [0.29, 0.717) is 5.92 Å². The summed E-state index contributed by atoms with van der Waals surface area (Å²) in [5.41, 5.74) is 1.78. The van der Waals surface area contributed by atoms with Crippen LogP contribution in [0.1, 0.15) is 43.4 Å². The summed E-state index contributed by atoms with van der Waals surface area (Å²) in [6.07, 6.45) is 3.21. The predicted octanol–water partition coefficient (Wildman–Crippen LogP) is 4.76. The highest BCUT2D eigenvalue weighted by atomic mass is 19.1. The fourth-order valence-corrected chi connectivity index (χ4v) is 3.49. The smallest absolute Gasteiger partial charge is 0.318 e. The number of rotatable bonds is 4. The number of urea groups is 1. The predicted molar refractivity (Wildman–Crippen MR) is 104 cm³/mol. The fraction of sp³-hybridized carbons (Fsp3) is 0.409. The minimum Gasteiger partial charge on any atom is -0.497 e. The van der Waals surface area contributed by atoms with Crippen LogP contribution in [0.3, 0.4) is 0 Å². The Morgan fingerprint density at radius 3 is 2.33 bits per heavy atom. The summed E-state index contributed by atoms with van der Waals surface area (Å²) >= 11 is 0.